The van der Waals surface area contributed by atoms with Crippen molar-refractivity contribution in [3.05, 3.63) is 33.2 Å². The molecule has 0 spiro atoms. The molecule has 2 rings (SSSR count). The van der Waals surface area contributed by atoms with E-state index in [2.05, 4.69) is 6.92 Å². The minimum atomic E-state index is 0.209. The molecule has 1 aromatic heterocycles. The summed E-state index contributed by atoms with van der Waals surface area (Å²) in [7, 11) is 1.84. The highest BCUT2D eigenvalue weighted by Gasteiger charge is 2.15. The van der Waals surface area contributed by atoms with Crippen LogP contribution < -0.4 is 5.56 Å². The standard InChI is InChI=1S/C11H15NO/c1-8-7-12(2)11(13)10-6-4-3-5-9(8)10/h7H,3-6H2,1-2H3. The summed E-state index contributed by atoms with van der Waals surface area (Å²) in [5.41, 5.74) is 3.86. The Labute approximate surface area is 78.2 Å². The van der Waals surface area contributed by atoms with Gasteiger partial charge in [0.15, 0.2) is 0 Å². The van der Waals surface area contributed by atoms with Crippen LogP contribution in [0.1, 0.15) is 29.5 Å². The van der Waals surface area contributed by atoms with E-state index in [0.717, 1.165) is 18.4 Å². The van der Waals surface area contributed by atoms with Crippen molar-refractivity contribution < 1.29 is 0 Å². The summed E-state index contributed by atoms with van der Waals surface area (Å²) in [6.07, 6.45) is 6.43. The van der Waals surface area contributed by atoms with E-state index in [0.29, 0.717) is 0 Å². The van der Waals surface area contributed by atoms with Gasteiger partial charge in [0.2, 0.25) is 0 Å². The molecule has 1 aliphatic rings. The number of hydrogen-bond acceptors (Lipinski definition) is 1. The fourth-order valence-corrected chi connectivity index (χ4v) is 2.22. The van der Waals surface area contributed by atoms with Crippen LogP contribution in [-0.4, -0.2) is 4.57 Å². The average molecular weight is 177 g/mol. The van der Waals surface area contributed by atoms with E-state index in [1.165, 1.54) is 24.0 Å². The topological polar surface area (TPSA) is 22.0 Å². The number of rotatable bonds is 0. The Morgan fingerprint density at radius 1 is 1.23 bits per heavy atom. The highest BCUT2D eigenvalue weighted by molar-refractivity contribution is 5.33. The van der Waals surface area contributed by atoms with Gasteiger partial charge in [-0.3, -0.25) is 4.79 Å². The summed E-state index contributed by atoms with van der Waals surface area (Å²) in [4.78, 5) is 11.7. The highest BCUT2D eigenvalue weighted by atomic mass is 16.1. The van der Waals surface area contributed by atoms with Crippen LogP contribution in [0.2, 0.25) is 0 Å². The molecule has 0 saturated heterocycles. The Bertz CT molecular complexity index is 390. The largest absolute Gasteiger partial charge is 0.318 e. The zero-order chi connectivity index (χ0) is 9.42. The van der Waals surface area contributed by atoms with E-state index in [1.807, 2.05) is 13.2 Å². The molecule has 70 valence electrons. The summed E-state index contributed by atoms with van der Waals surface area (Å²) >= 11 is 0. The van der Waals surface area contributed by atoms with Gasteiger partial charge in [-0.05, 0) is 43.7 Å². The molecule has 0 fully saturated rings. The molecule has 0 saturated carbocycles. The third-order valence-corrected chi connectivity index (χ3v) is 2.91. The Morgan fingerprint density at radius 3 is 2.54 bits per heavy atom. The van der Waals surface area contributed by atoms with E-state index < -0.39 is 0 Å². The number of fused-ring (bicyclic) bond motifs is 1. The number of nitrogens with zero attached hydrogens (tertiary/aromatic N) is 1. The van der Waals surface area contributed by atoms with Gasteiger partial charge >= 0.3 is 0 Å². The maximum atomic E-state index is 11.7. The number of aryl methyl sites for hydroxylation is 2. The van der Waals surface area contributed by atoms with Crippen molar-refractivity contribution >= 4 is 0 Å². The molecular weight excluding hydrogens is 162 g/mol. The Morgan fingerprint density at radius 2 is 1.85 bits per heavy atom. The van der Waals surface area contributed by atoms with Crippen molar-refractivity contribution in [2.75, 3.05) is 0 Å². The lowest BCUT2D eigenvalue weighted by molar-refractivity contribution is 0.657. The first-order valence-corrected chi connectivity index (χ1v) is 4.88. The summed E-state index contributed by atoms with van der Waals surface area (Å²) < 4.78 is 1.71. The van der Waals surface area contributed by atoms with Crippen LogP contribution in [0.15, 0.2) is 11.0 Å². The average Bonchev–Trinajstić information content (AvgIpc) is 2.15. The van der Waals surface area contributed by atoms with Gasteiger partial charge in [0.05, 0.1) is 0 Å². The van der Waals surface area contributed by atoms with Crippen LogP contribution in [0, 0.1) is 6.92 Å². The van der Waals surface area contributed by atoms with E-state index in [9.17, 15) is 4.79 Å². The van der Waals surface area contributed by atoms with Crippen LogP contribution in [0.5, 0.6) is 0 Å². The lowest BCUT2D eigenvalue weighted by Gasteiger charge is -2.18. The summed E-state index contributed by atoms with van der Waals surface area (Å²) in [5.74, 6) is 0. The SMILES string of the molecule is Cc1cn(C)c(=O)c2c1CCCC2. The molecule has 1 aliphatic carbocycles. The molecule has 0 atom stereocenters. The molecule has 2 heteroatoms. The van der Waals surface area contributed by atoms with Gasteiger partial charge in [-0.1, -0.05) is 0 Å². The molecule has 1 aromatic rings. The first-order valence-electron chi connectivity index (χ1n) is 4.88. The van der Waals surface area contributed by atoms with Crippen LogP contribution >= 0.6 is 0 Å². The smallest absolute Gasteiger partial charge is 0.253 e. The molecule has 0 bridgehead atoms. The highest BCUT2D eigenvalue weighted by Crippen LogP contribution is 2.20. The lowest BCUT2D eigenvalue weighted by Crippen LogP contribution is -2.25. The van der Waals surface area contributed by atoms with Crippen molar-refractivity contribution in [2.24, 2.45) is 7.05 Å². The van der Waals surface area contributed by atoms with Gasteiger partial charge in [0.1, 0.15) is 0 Å². The predicted octanol–water partition coefficient (Wildman–Crippen LogP) is 1.57. The molecule has 1 heterocycles. The van der Waals surface area contributed by atoms with Crippen molar-refractivity contribution in [3.8, 4) is 0 Å². The van der Waals surface area contributed by atoms with E-state index in [4.69, 9.17) is 0 Å². The molecular formula is C11H15NO. The van der Waals surface area contributed by atoms with Crippen molar-refractivity contribution in [3.63, 3.8) is 0 Å². The zero-order valence-electron chi connectivity index (χ0n) is 8.26. The van der Waals surface area contributed by atoms with E-state index in [1.54, 1.807) is 4.57 Å². The van der Waals surface area contributed by atoms with Gasteiger partial charge in [0, 0.05) is 18.8 Å². The zero-order valence-corrected chi connectivity index (χ0v) is 8.26. The van der Waals surface area contributed by atoms with Gasteiger partial charge < -0.3 is 4.57 Å². The maximum Gasteiger partial charge on any atom is 0.253 e. The van der Waals surface area contributed by atoms with Gasteiger partial charge in [-0.15, -0.1) is 0 Å². The second-order valence-electron chi connectivity index (χ2n) is 3.89. The first-order chi connectivity index (χ1) is 6.20. The van der Waals surface area contributed by atoms with Crippen molar-refractivity contribution in [1.82, 2.24) is 4.57 Å². The number of aromatic nitrogens is 1. The minimum absolute atomic E-state index is 0.209. The second-order valence-corrected chi connectivity index (χ2v) is 3.89. The molecule has 13 heavy (non-hydrogen) atoms. The van der Waals surface area contributed by atoms with Gasteiger partial charge in [0.25, 0.3) is 5.56 Å². The molecule has 0 amide bonds. The molecule has 0 aromatic carbocycles. The van der Waals surface area contributed by atoms with Gasteiger partial charge in [-0.2, -0.15) is 0 Å². The maximum absolute atomic E-state index is 11.7. The lowest BCUT2D eigenvalue weighted by atomic mass is 9.90. The normalized spacial score (nSPS) is 15.5. The summed E-state index contributed by atoms with van der Waals surface area (Å²) in [6.45, 7) is 2.10. The van der Waals surface area contributed by atoms with Crippen LogP contribution in [0.3, 0.4) is 0 Å². The Balaban J connectivity index is 2.70. The summed E-state index contributed by atoms with van der Waals surface area (Å²) in [5, 5.41) is 0. The molecule has 2 nitrogen and oxygen atoms in total. The Hall–Kier alpha value is -1.05. The van der Waals surface area contributed by atoms with Crippen LogP contribution in [0.4, 0.5) is 0 Å². The molecule has 0 N–H and O–H groups in total. The summed E-state index contributed by atoms with van der Waals surface area (Å²) in [6, 6.07) is 0. The monoisotopic (exact) mass is 177 g/mol. The number of hydrogen-bond donors (Lipinski definition) is 0. The third-order valence-electron chi connectivity index (χ3n) is 2.91. The fourth-order valence-electron chi connectivity index (χ4n) is 2.22. The van der Waals surface area contributed by atoms with E-state index >= 15 is 0 Å². The first kappa shape index (κ1) is 8.54. The van der Waals surface area contributed by atoms with Crippen LogP contribution in [-0.2, 0) is 19.9 Å². The van der Waals surface area contributed by atoms with Crippen molar-refractivity contribution in [2.45, 2.75) is 32.6 Å². The van der Waals surface area contributed by atoms with Crippen LogP contribution in [0.25, 0.3) is 0 Å². The molecule has 0 aliphatic heterocycles. The second kappa shape index (κ2) is 3.02. The predicted molar refractivity (Wildman–Crippen MR) is 53.1 cm³/mol. The molecule has 0 radical (unpaired) electrons. The fraction of sp³-hybridized carbons (Fsp3) is 0.545. The Kier molecular flexibility index (Phi) is 1.98. The quantitative estimate of drug-likeness (QED) is 0.589. The number of pyridine rings is 1. The minimum Gasteiger partial charge on any atom is -0.318 e. The molecule has 0 unspecified atom stereocenters. The van der Waals surface area contributed by atoms with E-state index in [-0.39, 0.29) is 5.56 Å². The third kappa shape index (κ3) is 1.30. The van der Waals surface area contributed by atoms with Crippen molar-refractivity contribution in [1.29, 1.82) is 0 Å². The van der Waals surface area contributed by atoms with Gasteiger partial charge in [-0.25, -0.2) is 0 Å².